The number of carbonyl (C=O) groups is 2. The summed E-state index contributed by atoms with van der Waals surface area (Å²) >= 11 is 0. The van der Waals surface area contributed by atoms with Gasteiger partial charge in [0.1, 0.15) is 5.75 Å². The van der Waals surface area contributed by atoms with Crippen LogP contribution in [0.5, 0.6) is 0 Å². The van der Waals surface area contributed by atoms with E-state index in [2.05, 4.69) is 5.32 Å². The smallest absolute Gasteiger partial charge is 0.304 e. The summed E-state index contributed by atoms with van der Waals surface area (Å²) in [4.78, 5) is 21.8. The van der Waals surface area contributed by atoms with E-state index in [9.17, 15) is 13.8 Å². The third-order valence-corrected chi connectivity index (χ3v) is 3.31. The highest BCUT2D eigenvalue weighted by molar-refractivity contribution is 7.86. The van der Waals surface area contributed by atoms with Gasteiger partial charge < -0.3 is 10.4 Å². The highest BCUT2D eigenvalue weighted by Gasteiger charge is 2.20. The van der Waals surface area contributed by atoms with Crippen molar-refractivity contribution in [3.8, 4) is 0 Å². The van der Waals surface area contributed by atoms with Crippen molar-refractivity contribution in [1.82, 2.24) is 5.32 Å². The van der Waals surface area contributed by atoms with Crippen molar-refractivity contribution in [3.63, 3.8) is 0 Å². The van der Waals surface area contributed by atoms with Crippen LogP contribution < -0.4 is 5.32 Å². The number of carbonyl (C=O) groups excluding carboxylic acids is 1. The summed E-state index contributed by atoms with van der Waals surface area (Å²) in [5.41, 5.74) is -0.364. The molecule has 2 atom stereocenters. The Bertz CT molecular complexity index is 296. The molecule has 6 heteroatoms. The van der Waals surface area contributed by atoms with E-state index in [4.69, 9.17) is 5.11 Å². The minimum Gasteiger partial charge on any atom is -0.481 e. The Kier molecular flexibility index (Phi) is 5.64. The van der Waals surface area contributed by atoms with Gasteiger partial charge in [-0.2, -0.15) is 0 Å². The number of carboxylic acid groups (broad SMARTS) is 1. The molecule has 0 saturated carbocycles. The SMILES string of the molecule is CC(CC(=O)O)S(=O)CC(=O)NC(C)(C)C. The van der Waals surface area contributed by atoms with Crippen LogP contribution in [0, 0.1) is 0 Å². The van der Waals surface area contributed by atoms with E-state index in [1.807, 2.05) is 20.8 Å². The number of rotatable bonds is 5. The molecule has 16 heavy (non-hydrogen) atoms. The van der Waals surface area contributed by atoms with E-state index in [0.717, 1.165) is 0 Å². The van der Waals surface area contributed by atoms with Crippen LogP contribution in [0.3, 0.4) is 0 Å². The van der Waals surface area contributed by atoms with Gasteiger partial charge in [0.25, 0.3) is 0 Å². The summed E-state index contributed by atoms with van der Waals surface area (Å²) in [6.45, 7) is 7.05. The largest absolute Gasteiger partial charge is 0.481 e. The van der Waals surface area contributed by atoms with Gasteiger partial charge in [-0.05, 0) is 20.8 Å². The topological polar surface area (TPSA) is 83.5 Å². The van der Waals surface area contributed by atoms with Gasteiger partial charge in [-0.15, -0.1) is 0 Å². The molecule has 0 aromatic carbocycles. The van der Waals surface area contributed by atoms with Gasteiger partial charge in [0, 0.05) is 21.6 Å². The van der Waals surface area contributed by atoms with Gasteiger partial charge in [0.2, 0.25) is 5.91 Å². The molecule has 5 nitrogen and oxygen atoms in total. The number of amides is 1. The van der Waals surface area contributed by atoms with Crippen molar-refractivity contribution < 1.29 is 18.9 Å². The second kappa shape index (κ2) is 5.98. The summed E-state index contributed by atoms with van der Waals surface area (Å²) < 4.78 is 11.6. The highest BCUT2D eigenvalue weighted by Crippen LogP contribution is 2.03. The molecule has 1 amide bonds. The first kappa shape index (κ1) is 15.1. The molecule has 0 aliphatic heterocycles. The average Bonchev–Trinajstić information content (AvgIpc) is 1.98. The maximum Gasteiger partial charge on any atom is 0.304 e. The van der Waals surface area contributed by atoms with Crippen molar-refractivity contribution in [2.24, 2.45) is 0 Å². The summed E-state index contributed by atoms with van der Waals surface area (Å²) in [7, 11) is -1.44. The van der Waals surface area contributed by atoms with Crippen LogP contribution in [0.2, 0.25) is 0 Å². The lowest BCUT2D eigenvalue weighted by Gasteiger charge is -2.20. The van der Waals surface area contributed by atoms with Crippen LogP contribution in [0.25, 0.3) is 0 Å². The fourth-order valence-corrected chi connectivity index (χ4v) is 2.01. The fraction of sp³-hybridized carbons (Fsp3) is 0.800. The minimum atomic E-state index is -1.44. The third-order valence-electron chi connectivity index (χ3n) is 1.70. The zero-order valence-corrected chi connectivity index (χ0v) is 10.9. The molecule has 0 rings (SSSR count). The molecule has 94 valence electrons. The van der Waals surface area contributed by atoms with Gasteiger partial charge in [-0.3, -0.25) is 13.8 Å². The van der Waals surface area contributed by atoms with Gasteiger partial charge in [0.05, 0.1) is 6.42 Å². The van der Waals surface area contributed by atoms with E-state index < -0.39 is 22.0 Å². The Balaban J connectivity index is 4.14. The van der Waals surface area contributed by atoms with Gasteiger partial charge >= 0.3 is 5.97 Å². The first-order chi connectivity index (χ1) is 7.11. The standard InChI is InChI=1S/C10H19NO4S/c1-7(5-9(13)14)16(15)6-8(12)11-10(2,3)4/h7H,5-6H2,1-4H3,(H,11,12)(H,13,14). The zero-order chi connectivity index (χ0) is 12.9. The molecular formula is C10H19NO4S. The van der Waals surface area contributed by atoms with Crippen molar-refractivity contribution >= 4 is 22.7 Å². The molecule has 0 aliphatic carbocycles. The molecule has 0 spiro atoms. The molecule has 0 heterocycles. The first-order valence-electron chi connectivity index (χ1n) is 5.02. The third kappa shape index (κ3) is 7.39. The summed E-state index contributed by atoms with van der Waals surface area (Å²) in [6.07, 6.45) is -0.185. The van der Waals surface area contributed by atoms with E-state index in [1.54, 1.807) is 6.92 Å². The summed E-state index contributed by atoms with van der Waals surface area (Å²) in [5, 5.41) is 10.7. The second-order valence-corrected chi connectivity index (χ2v) is 6.59. The highest BCUT2D eigenvalue weighted by atomic mass is 32.2. The quantitative estimate of drug-likeness (QED) is 0.743. The lowest BCUT2D eigenvalue weighted by Crippen LogP contribution is -2.43. The zero-order valence-electron chi connectivity index (χ0n) is 10.1. The Labute approximate surface area is 98.1 Å². The fourth-order valence-electron chi connectivity index (χ4n) is 1.06. The minimum absolute atomic E-state index is 0.147. The van der Waals surface area contributed by atoms with Crippen LogP contribution in [0.15, 0.2) is 0 Å². The van der Waals surface area contributed by atoms with Crippen LogP contribution in [-0.4, -0.2) is 37.7 Å². The number of hydrogen-bond donors (Lipinski definition) is 2. The lowest BCUT2D eigenvalue weighted by atomic mass is 10.1. The summed E-state index contributed by atoms with van der Waals surface area (Å²) in [6, 6.07) is 0. The number of hydrogen-bond acceptors (Lipinski definition) is 3. The predicted molar refractivity (Wildman–Crippen MR) is 62.6 cm³/mol. The maximum atomic E-state index is 11.6. The van der Waals surface area contributed by atoms with Crippen LogP contribution >= 0.6 is 0 Å². The van der Waals surface area contributed by atoms with Crippen molar-refractivity contribution in [3.05, 3.63) is 0 Å². The van der Waals surface area contributed by atoms with E-state index in [0.29, 0.717) is 0 Å². The molecule has 0 radical (unpaired) electrons. The van der Waals surface area contributed by atoms with Gasteiger partial charge in [-0.1, -0.05) is 6.92 Å². The van der Waals surface area contributed by atoms with Crippen molar-refractivity contribution in [1.29, 1.82) is 0 Å². The molecule has 2 N–H and O–H groups in total. The molecule has 0 aliphatic rings. The van der Waals surface area contributed by atoms with Crippen molar-refractivity contribution in [2.75, 3.05) is 5.75 Å². The van der Waals surface area contributed by atoms with Crippen molar-refractivity contribution in [2.45, 2.75) is 44.9 Å². The number of aliphatic carboxylic acids is 1. The Hall–Kier alpha value is -0.910. The Morgan fingerprint density at radius 2 is 1.88 bits per heavy atom. The van der Waals surface area contributed by atoms with Gasteiger partial charge in [-0.25, -0.2) is 0 Å². The normalized spacial score (nSPS) is 15.2. The molecule has 0 aromatic heterocycles. The Morgan fingerprint density at radius 3 is 2.25 bits per heavy atom. The maximum absolute atomic E-state index is 11.6. The number of nitrogens with one attached hydrogen (secondary N) is 1. The molecule has 2 unspecified atom stereocenters. The number of carboxylic acids is 1. The summed E-state index contributed by atoms with van der Waals surface area (Å²) in [5.74, 6) is -1.47. The first-order valence-corrected chi connectivity index (χ1v) is 6.40. The Morgan fingerprint density at radius 1 is 1.38 bits per heavy atom. The lowest BCUT2D eigenvalue weighted by molar-refractivity contribution is -0.137. The van der Waals surface area contributed by atoms with Crippen LogP contribution in [0.4, 0.5) is 0 Å². The molecule has 0 fully saturated rings. The van der Waals surface area contributed by atoms with E-state index in [1.165, 1.54) is 0 Å². The molecule has 0 saturated heterocycles. The molecule has 0 aromatic rings. The molecule has 0 bridgehead atoms. The van der Waals surface area contributed by atoms with Gasteiger partial charge in [0.15, 0.2) is 0 Å². The average molecular weight is 249 g/mol. The van der Waals surface area contributed by atoms with Crippen LogP contribution in [-0.2, 0) is 20.4 Å². The van der Waals surface area contributed by atoms with E-state index >= 15 is 0 Å². The monoisotopic (exact) mass is 249 g/mol. The predicted octanol–water partition coefficient (Wildman–Crippen LogP) is 0.513. The second-order valence-electron chi connectivity index (χ2n) is 4.73. The molecular weight excluding hydrogens is 230 g/mol. The van der Waals surface area contributed by atoms with Crippen LogP contribution in [0.1, 0.15) is 34.1 Å². The van der Waals surface area contributed by atoms with E-state index in [-0.39, 0.29) is 23.6 Å².